The van der Waals surface area contributed by atoms with Crippen molar-refractivity contribution in [1.29, 1.82) is 5.26 Å². The molecule has 1 aliphatic rings. The minimum Gasteiger partial charge on any atom is -0.480 e. The van der Waals surface area contributed by atoms with Crippen LogP contribution in [0.2, 0.25) is 0 Å². The van der Waals surface area contributed by atoms with E-state index in [9.17, 15) is 9.90 Å². The van der Waals surface area contributed by atoms with Crippen molar-refractivity contribution in [2.75, 3.05) is 6.54 Å². The van der Waals surface area contributed by atoms with E-state index in [-0.39, 0.29) is 0 Å². The second-order valence-electron chi connectivity index (χ2n) is 5.47. The molecular formula is C16H20N2O2. The molecule has 1 fully saturated rings. The second kappa shape index (κ2) is 5.64. The van der Waals surface area contributed by atoms with Crippen molar-refractivity contribution in [3.05, 3.63) is 34.9 Å². The van der Waals surface area contributed by atoms with Crippen molar-refractivity contribution in [2.24, 2.45) is 0 Å². The molecule has 0 radical (unpaired) electrons. The van der Waals surface area contributed by atoms with Gasteiger partial charge in [-0.05, 0) is 56.0 Å². The maximum Gasteiger partial charge on any atom is 0.324 e. The Morgan fingerprint density at radius 2 is 2.30 bits per heavy atom. The summed E-state index contributed by atoms with van der Waals surface area (Å²) in [7, 11) is 0. The lowest BCUT2D eigenvalue weighted by atomic mass is 9.92. The van der Waals surface area contributed by atoms with Crippen molar-refractivity contribution < 1.29 is 9.90 Å². The molecule has 20 heavy (non-hydrogen) atoms. The van der Waals surface area contributed by atoms with Crippen molar-refractivity contribution in [2.45, 2.75) is 45.2 Å². The van der Waals surface area contributed by atoms with E-state index in [2.05, 4.69) is 11.0 Å². The number of benzene rings is 1. The number of hydrogen-bond acceptors (Lipinski definition) is 3. The van der Waals surface area contributed by atoms with E-state index in [4.69, 9.17) is 5.26 Å². The van der Waals surface area contributed by atoms with Crippen LogP contribution in [0.15, 0.2) is 18.2 Å². The maximum atomic E-state index is 11.7. The van der Waals surface area contributed by atoms with Gasteiger partial charge in [-0.3, -0.25) is 9.69 Å². The molecule has 1 N–H and O–H groups in total. The number of hydrogen-bond donors (Lipinski definition) is 1. The van der Waals surface area contributed by atoms with Gasteiger partial charge < -0.3 is 5.11 Å². The van der Waals surface area contributed by atoms with Crippen LogP contribution < -0.4 is 0 Å². The van der Waals surface area contributed by atoms with Gasteiger partial charge in [-0.25, -0.2) is 0 Å². The van der Waals surface area contributed by atoms with Crippen LogP contribution in [0.5, 0.6) is 0 Å². The Morgan fingerprint density at radius 1 is 1.55 bits per heavy atom. The summed E-state index contributed by atoms with van der Waals surface area (Å²) in [6, 6.07) is 7.72. The highest BCUT2D eigenvalue weighted by atomic mass is 16.4. The molecule has 4 heteroatoms. The Bertz CT molecular complexity index is 562. The zero-order valence-corrected chi connectivity index (χ0v) is 12.0. The van der Waals surface area contributed by atoms with Crippen LogP contribution in [-0.2, 0) is 11.3 Å². The first-order valence-electron chi connectivity index (χ1n) is 7.01. The predicted molar refractivity (Wildman–Crippen MR) is 76.2 cm³/mol. The fourth-order valence-electron chi connectivity index (χ4n) is 3.11. The van der Waals surface area contributed by atoms with Crippen LogP contribution in [-0.4, -0.2) is 28.1 Å². The first kappa shape index (κ1) is 14.5. The molecule has 0 spiro atoms. The van der Waals surface area contributed by atoms with Crippen LogP contribution in [0.4, 0.5) is 0 Å². The maximum absolute atomic E-state index is 11.7. The van der Waals surface area contributed by atoms with Gasteiger partial charge in [0.25, 0.3) is 0 Å². The van der Waals surface area contributed by atoms with Gasteiger partial charge in [0, 0.05) is 6.54 Å². The number of aryl methyl sites for hydroxylation is 1. The monoisotopic (exact) mass is 272 g/mol. The number of carboxylic acid groups (broad SMARTS) is 1. The molecule has 1 heterocycles. The summed E-state index contributed by atoms with van der Waals surface area (Å²) in [6.45, 7) is 5.37. The number of rotatable bonds is 4. The molecule has 0 saturated carbocycles. The van der Waals surface area contributed by atoms with Gasteiger partial charge in [0.05, 0.1) is 11.6 Å². The topological polar surface area (TPSA) is 64.3 Å². The molecule has 0 amide bonds. The minimum absolute atomic E-state index is 0.623. The third kappa shape index (κ3) is 2.41. The van der Waals surface area contributed by atoms with Crippen LogP contribution in [0.25, 0.3) is 0 Å². The molecule has 0 aromatic heterocycles. The SMILES string of the molecule is CCC1(C(=O)O)CCCN1Cc1ccc(C#N)cc1C. The summed E-state index contributed by atoms with van der Waals surface area (Å²) < 4.78 is 0. The van der Waals surface area contributed by atoms with Crippen molar-refractivity contribution in [3.8, 4) is 6.07 Å². The van der Waals surface area contributed by atoms with E-state index in [0.29, 0.717) is 24.9 Å². The quantitative estimate of drug-likeness (QED) is 0.915. The Labute approximate surface area is 119 Å². The lowest BCUT2D eigenvalue weighted by molar-refractivity contribution is -0.150. The number of aliphatic carboxylic acids is 1. The average Bonchev–Trinajstić information content (AvgIpc) is 2.85. The first-order valence-corrected chi connectivity index (χ1v) is 7.01. The standard InChI is InChI=1S/C16H20N2O2/c1-3-16(15(19)20)7-4-8-18(16)11-14-6-5-13(10-17)9-12(14)2/h5-6,9H,3-4,7-8,11H2,1-2H3,(H,19,20). The Kier molecular flexibility index (Phi) is 4.10. The van der Waals surface area contributed by atoms with Crippen LogP contribution in [0.1, 0.15) is 42.9 Å². The fraction of sp³-hybridized carbons (Fsp3) is 0.500. The zero-order chi connectivity index (χ0) is 14.8. The summed E-state index contributed by atoms with van der Waals surface area (Å²) in [5.41, 5.74) is 2.07. The van der Waals surface area contributed by atoms with Gasteiger partial charge in [0.15, 0.2) is 0 Å². The third-order valence-electron chi connectivity index (χ3n) is 4.44. The molecule has 1 aromatic carbocycles. The minimum atomic E-state index is -0.722. The summed E-state index contributed by atoms with van der Waals surface area (Å²) in [5, 5.41) is 18.5. The van der Waals surface area contributed by atoms with E-state index in [1.165, 1.54) is 0 Å². The van der Waals surface area contributed by atoms with Gasteiger partial charge in [-0.15, -0.1) is 0 Å². The van der Waals surface area contributed by atoms with Gasteiger partial charge >= 0.3 is 5.97 Å². The van der Waals surface area contributed by atoms with Crippen LogP contribution in [0.3, 0.4) is 0 Å². The second-order valence-corrected chi connectivity index (χ2v) is 5.47. The molecule has 106 valence electrons. The molecule has 1 aromatic rings. The lowest BCUT2D eigenvalue weighted by Crippen LogP contribution is -2.49. The van der Waals surface area contributed by atoms with Crippen molar-refractivity contribution >= 4 is 5.97 Å². The molecule has 4 nitrogen and oxygen atoms in total. The summed E-state index contributed by atoms with van der Waals surface area (Å²) >= 11 is 0. The lowest BCUT2D eigenvalue weighted by Gasteiger charge is -2.34. The Hall–Kier alpha value is -1.86. The van der Waals surface area contributed by atoms with Crippen molar-refractivity contribution in [1.82, 2.24) is 4.90 Å². The molecule has 0 bridgehead atoms. The number of likely N-dealkylation sites (tertiary alicyclic amines) is 1. The molecule has 2 rings (SSSR count). The molecule has 1 unspecified atom stereocenters. The van der Waals surface area contributed by atoms with Gasteiger partial charge in [0.2, 0.25) is 0 Å². The van der Waals surface area contributed by atoms with E-state index in [0.717, 1.165) is 24.1 Å². The summed E-state index contributed by atoms with van der Waals surface area (Å²) in [5.74, 6) is -0.719. The van der Waals surface area contributed by atoms with E-state index in [1.54, 1.807) is 6.07 Å². The van der Waals surface area contributed by atoms with E-state index in [1.807, 2.05) is 26.0 Å². The average molecular weight is 272 g/mol. The molecule has 1 atom stereocenters. The first-order chi connectivity index (χ1) is 9.53. The highest BCUT2D eigenvalue weighted by Gasteiger charge is 2.45. The molecule has 0 aliphatic carbocycles. The van der Waals surface area contributed by atoms with Gasteiger partial charge in [0.1, 0.15) is 5.54 Å². The number of carbonyl (C=O) groups is 1. The fourth-order valence-corrected chi connectivity index (χ4v) is 3.11. The zero-order valence-electron chi connectivity index (χ0n) is 12.0. The summed E-state index contributed by atoms with van der Waals surface area (Å²) in [4.78, 5) is 13.7. The van der Waals surface area contributed by atoms with E-state index >= 15 is 0 Å². The smallest absolute Gasteiger partial charge is 0.324 e. The largest absolute Gasteiger partial charge is 0.480 e. The number of nitrogens with zero attached hydrogens (tertiary/aromatic N) is 2. The molecule has 1 saturated heterocycles. The van der Waals surface area contributed by atoms with Gasteiger partial charge in [-0.2, -0.15) is 5.26 Å². The normalized spacial score (nSPS) is 22.6. The van der Waals surface area contributed by atoms with Crippen LogP contribution >= 0.6 is 0 Å². The molecule has 1 aliphatic heterocycles. The van der Waals surface area contributed by atoms with Gasteiger partial charge in [-0.1, -0.05) is 13.0 Å². The van der Waals surface area contributed by atoms with E-state index < -0.39 is 11.5 Å². The Morgan fingerprint density at radius 3 is 2.85 bits per heavy atom. The highest BCUT2D eigenvalue weighted by Crippen LogP contribution is 2.34. The summed E-state index contributed by atoms with van der Waals surface area (Å²) in [6.07, 6.45) is 2.27. The number of carboxylic acids is 1. The Balaban J connectivity index is 2.25. The molecular weight excluding hydrogens is 252 g/mol. The third-order valence-corrected chi connectivity index (χ3v) is 4.44. The van der Waals surface area contributed by atoms with Crippen LogP contribution in [0, 0.1) is 18.3 Å². The highest BCUT2D eigenvalue weighted by molar-refractivity contribution is 5.79. The van der Waals surface area contributed by atoms with Crippen molar-refractivity contribution in [3.63, 3.8) is 0 Å². The predicted octanol–water partition coefficient (Wildman–Crippen LogP) is 2.70. The number of nitriles is 1.